The van der Waals surface area contributed by atoms with E-state index in [-0.39, 0.29) is 11.3 Å². The molecule has 128 valence electrons. The van der Waals surface area contributed by atoms with E-state index in [1.165, 1.54) is 12.1 Å². The predicted octanol–water partition coefficient (Wildman–Crippen LogP) is 5.72. The third-order valence-electron chi connectivity index (χ3n) is 3.88. The van der Waals surface area contributed by atoms with Crippen LogP contribution in [0.5, 0.6) is 5.75 Å². The van der Waals surface area contributed by atoms with E-state index in [0.29, 0.717) is 43.2 Å². The van der Waals surface area contributed by atoms with Gasteiger partial charge in [0.05, 0.1) is 17.7 Å². The Balaban J connectivity index is 2.26. The van der Waals surface area contributed by atoms with Gasteiger partial charge in [-0.3, -0.25) is 0 Å². The van der Waals surface area contributed by atoms with Crippen molar-refractivity contribution in [2.45, 2.75) is 25.2 Å². The Hall–Kier alpha value is -2.18. The van der Waals surface area contributed by atoms with Gasteiger partial charge in [-0.05, 0) is 42.2 Å². The van der Waals surface area contributed by atoms with Crippen molar-refractivity contribution in [3.05, 3.63) is 53.1 Å². The first kappa shape index (κ1) is 16.7. The third kappa shape index (κ3) is 3.07. The van der Waals surface area contributed by atoms with Gasteiger partial charge in [0, 0.05) is 5.56 Å². The van der Waals surface area contributed by atoms with Crippen LogP contribution in [-0.2, 0) is 18.8 Å². The maximum absolute atomic E-state index is 13.3. The van der Waals surface area contributed by atoms with E-state index >= 15 is 0 Å². The minimum Gasteiger partial charge on any atom is -0.493 e. The quantitative estimate of drug-likeness (QED) is 0.601. The number of halogens is 6. The first-order chi connectivity index (χ1) is 11.2. The van der Waals surface area contributed by atoms with Gasteiger partial charge in [-0.1, -0.05) is 18.2 Å². The zero-order chi connectivity index (χ0) is 17.5. The van der Waals surface area contributed by atoms with Crippen molar-refractivity contribution >= 4 is 0 Å². The number of benzene rings is 2. The Morgan fingerprint density at radius 3 is 2.25 bits per heavy atom. The van der Waals surface area contributed by atoms with Gasteiger partial charge in [0.2, 0.25) is 0 Å². The molecule has 0 amide bonds. The highest BCUT2D eigenvalue weighted by molar-refractivity contribution is 5.76. The second kappa shape index (κ2) is 5.72. The molecule has 3 rings (SSSR count). The van der Waals surface area contributed by atoms with E-state index < -0.39 is 29.0 Å². The number of alkyl halides is 6. The molecule has 2 aromatic rings. The fourth-order valence-electron chi connectivity index (χ4n) is 2.79. The second-order valence-corrected chi connectivity index (χ2v) is 5.50. The minimum atomic E-state index is -4.77. The topological polar surface area (TPSA) is 9.23 Å². The fourth-order valence-corrected chi connectivity index (χ4v) is 2.79. The summed E-state index contributed by atoms with van der Waals surface area (Å²) < 4.78 is 84.1. The van der Waals surface area contributed by atoms with Gasteiger partial charge in [-0.2, -0.15) is 26.3 Å². The summed E-state index contributed by atoms with van der Waals surface area (Å²) in [6.07, 6.45) is -8.17. The van der Waals surface area contributed by atoms with Gasteiger partial charge < -0.3 is 4.74 Å². The molecule has 1 aliphatic rings. The summed E-state index contributed by atoms with van der Waals surface area (Å²) in [6.45, 7) is 0.324. The average Bonchev–Trinajstić information content (AvgIpc) is 2.52. The van der Waals surface area contributed by atoms with Crippen LogP contribution in [0, 0.1) is 0 Å². The van der Waals surface area contributed by atoms with E-state index in [4.69, 9.17) is 4.74 Å². The van der Waals surface area contributed by atoms with Crippen molar-refractivity contribution in [3.63, 3.8) is 0 Å². The first-order valence-electron chi connectivity index (χ1n) is 7.21. The Labute approximate surface area is 133 Å². The minimum absolute atomic E-state index is 0.0330. The molecule has 0 atom stereocenters. The van der Waals surface area contributed by atoms with Gasteiger partial charge in [-0.25, -0.2) is 0 Å². The summed E-state index contributed by atoms with van der Waals surface area (Å²) >= 11 is 0. The van der Waals surface area contributed by atoms with Gasteiger partial charge in [0.15, 0.2) is 0 Å². The largest absolute Gasteiger partial charge is 0.493 e. The number of para-hydroxylation sites is 1. The van der Waals surface area contributed by atoms with Gasteiger partial charge in [0.25, 0.3) is 0 Å². The molecule has 0 aromatic heterocycles. The highest BCUT2D eigenvalue weighted by atomic mass is 19.4. The molecule has 0 bridgehead atoms. The van der Waals surface area contributed by atoms with Gasteiger partial charge in [-0.15, -0.1) is 0 Å². The molecule has 0 fully saturated rings. The maximum Gasteiger partial charge on any atom is 0.417 e. The first-order valence-corrected chi connectivity index (χ1v) is 7.21. The van der Waals surface area contributed by atoms with Crippen molar-refractivity contribution in [2.24, 2.45) is 0 Å². The summed E-state index contributed by atoms with van der Waals surface area (Å²) in [5.41, 5.74) is -2.03. The molecule has 0 aliphatic carbocycles. The maximum atomic E-state index is 13.3. The summed E-state index contributed by atoms with van der Waals surface area (Å²) in [5, 5.41) is 0. The molecule has 0 saturated heterocycles. The molecule has 0 saturated carbocycles. The molecule has 0 spiro atoms. The highest BCUT2D eigenvalue weighted by Crippen LogP contribution is 2.44. The summed E-state index contributed by atoms with van der Waals surface area (Å²) in [6, 6.07) is 6.05. The number of aryl methyl sites for hydroxylation is 1. The van der Waals surface area contributed by atoms with E-state index in [2.05, 4.69) is 0 Å². The van der Waals surface area contributed by atoms with E-state index in [1.807, 2.05) is 0 Å². The monoisotopic (exact) mass is 346 g/mol. The number of rotatable bonds is 1. The van der Waals surface area contributed by atoms with E-state index in [9.17, 15) is 26.3 Å². The molecule has 2 aromatic carbocycles. The lowest BCUT2D eigenvalue weighted by Gasteiger charge is -2.23. The Morgan fingerprint density at radius 2 is 1.58 bits per heavy atom. The molecule has 1 heterocycles. The van der Waals surface area contributed by atoms with Crippen molar-refractivity contribution in [1.29, 1.82) is 0 Å². The zero-order valence-electron chi connectivity index (χ0n) is 12.3. The zero-order valence-corrected chi connectivity index (χ0v) is 12.3. The van der Waals surface area contributed by atoms with Crippen LogP contribution in [0.15, 0.2) is 36.4 Å². The Bertz CT molecular complexity index is 761. The normalized spacial score (nSPS) is 14.9. The molecule has 0 N–H and O–H groups in total. The predicted molar refractivity (Wildman–Crippen MR) is 75.7 cm³/mol. The molecule has 1 nitrogen and oxygen atoms in total. The van der Waals surface area contributed by atoms with Crippen LogP contribution in [-0.4, -0.2) is 6.61 Å². The Morgan fingerprint density at radius 1 is 0.833 bits per heavy atom. The van der Waals surface area contributed by atoms with Crippen molar-refractivity contribution in [2.75, 3.05) is 6.61 Å². The molecule has 1 aliphatic heterocycles. The molecular weight excluding hydrogens is 334 g/mol. The SMILES string of the molecule is FC(F)(F)c1ccc(C(F)(F)F)c(-c2cccc3c2OCCC3)c1. The summed E-state index contributed by atoms with van der Waals surface area (Å²) in [5.74, 6) is 0.230. The third-order valence-corrected chi connectivity index (χ3v) is 3.88. The van der Waals surface area contributed by atoms with Crippen LogP contribution in [0.1, 0.15) is 23.1 Å². The smallest absolute Gasteiger partial charge is 0.417 e. The molecule has 24 heavy (non-hydrogen) atoms. The van der Waals surface area contributed by atoms with Crippen LogP contribution in [0.25, 0.3) is 11.1 Å². The molecular formula is C17H12F6O. The molecule has 0 unspecified atom stereocenters. The molecule has 7 heteroatoms. The van der Waals surface area contributed by atoms with Crippen molar-refractivity contribution < 1.29 is 31.1 Å². The summed E-state index contributed by atoms with van der Waals surface area (Å²) in [4.78, 5) is 0. The van der Waals surface area contributed by atoms with E-state index in [1.54, 1.807) is 6.07 Å². The van der Waals surface area contributed by atoms with Gasteiger partial charge >= 0.3 is 12.4 Å². The van der Waals surface area contributed by atoms with Crippen LogP contribution in [0.3, 0.4) is 0 Å². The number of hydrogen-bond acceptors (Lipinski definition) is 1. The average molecular weight is 346 g/mol. The lowest BCUT2D eigenvalue weighted by Crippen LogP contribution is -2.13. The van der Waals surface area contributed by atoms with Crippen molar-refractivity contribution in [1.82, 2.24) is 0 Å². The standard InChI is InChI=1S/C17H12F6O/c18-16(19,20)11-6-7-14(17(21,22)23)13(9-11)12-5-1-3-10-4-2-8-24-15(10)12/h1,3,5-7,9H,2,4,8H2. The number of ether oxygens (including phenoxy) is 1. The van der Waals surface area contributed by atoms with Crippen LogP contribution >= 0.6 is 0 Å². The highest BCUT2D eigenvalue weighted by Gasteiger charge is 2.38. The van der Waals surface area contributed by atoms with E-state index in [0.717, 1.165) is 0 Å². The summed E-state index contributed by atoms with van der Waals surface area (Å²) in [7, 11) is 0. The van der Waals surface area contributed by atoms with Crippen LogP contribution < -0.4 is 4.74 Å². The van der Waals surface area contributed by atoms with Crippen LogP contribution in [0.4, 0.5) is 26.3 Å². The number of fused-ring (bicyclic) bond motifs is 1. The van der Waals surface area contributed by atoms with Crippen LogP contribution in [0.2, 0.25) is 0 Å². The van der Waals surface area contributed by atoms with Crippen molar-refractivity contribution in [3.8, 4) is 16.9 Å². The number of hydrogen-bond donors (Lipinski definition) is 0. The molecule has 0 radical (unpaired) electrons. The lowest BCUT2D eigenvalue weighted by molar-refractivity contribution is -0.141. The second-order valence-electron chi connectivity index (χ2n) is 5.50. The van der Waals surface area contributed by atoms with Gasteiger partial charge in [0.1, 0.15) is 5.75 Å². The fraction of sp³-hybridized carbons (Fsp3) is 0.294. The lowest BCUT2D eigenvalue weighted by atomic mass is 9.92. The Kier molecular flexibility index (Phi) is 3.97.